The molecule has 1 aliphatic heterocycles. The SMILES string of the molecule is Cc1oc(CN)cc1COCC1CCOC1. The van der Waals surface area contributed by atoms with E-state index < -0.39 is 0 Å². The van der Waals surface area contributed by atoms with E-state index in [1.54, 1.807) is 0 Å². The monoisotopic (exact) mass is 225 g/mol. The second kappa shape index (κ2) is 5.48. The molecule has 0 bridgehead atoms. The first-order valence-corrected chi connectivity index (χ1v) is 5.73. The van der Waals surface area contributed by atoms with E-state index in [-0.39, 0.29) is 0 Å². The molecule has 1 aliphatic rings. The average Bonchev–Trinajstić information content (AvgIpc) is 2.89. The number of aryl methyl sites for hydroxylation is 1. The summed E-state index contributed by atoms with van der Waals surface area (Å²) in [7, 11) is 0. The first-order valence-electron chi connectivity index (χ1n) is 5.73. The normalized spacial score (nSPS) is 20.5. The zero-order chi connectivity index (χ0) is 11.4. The van der Waals surface area contributed by atoms with Gasteiger partial charge in [0.05, 0.1) is 26.4 Å². The molecule has 1 atom stereocenters. The van der Waals surface area contributed by atoms with Gasteiger partial charge in [0.25, 0.3) is 0 Å². The quantitative estimate of drug-likeness (QED) is 0.827. The minimum Gasteiger partial charge on any atom is -0.465 e. The lowest BCUT2D eigenvalue weighted by atomic mass is 10.1. The predicted octanol–water partition coefficient (Wildman–Crippen LogP) is 1.60. The lowest BCUT2D eigenvalue weighted by Crippen LogP contribution is -2.09. The highest BCUT2D eigenvalue weighted by Gasteiger charge is 2.16. The fourth-order valence-corrected chi connectivity index (χ4v) is 1.88. The largest absolute Gasteiger partial charge is 0.465 e. The minimum atomic E-state index is 0.442. The third-order valence-corrected chi connectivity index (χ3v) is 2.91. The Hall–Kier alpha value is -0.840. The van der Waals surface area contributed by atoms with Gasteiger partial charge in [0.2, 0.25) is 0 Å². The van der Waals surface area contributed by atoms with Crippen LogP contribution in [0.4, 0.5) is 0 Å². The summed E-state index contributed by atoms with van der Waals surface area (Å²) in [6.45, 7) is 5.46. The van der Waals surface area contributed by atoms with E-state index in [2.05, 4.69) is 0 Å². The molecule has 1 unspecified atom stereocenters. The molecular formula is C12H19NO3. The highest BCUT2D eigenvalue weighted by atomic mass is 16.5. The molecule has 0 aliphatic carbocycles. The standard InChI is InChI=1S/C12H19NO3/c1-9-11(4-12(5-13)16-9)8-15-7-10-2-3-14-6-10/h4,10H,2-3,5-8,13H2,1H3. The van der Waals surface area contributed by atoms with Crippen molar-refractivity contribution in [3.63, 3.8) is 0 Å². The molecular weight excluding hydrogens is 206 g/mol. The summed E-state index contributed by atoms with van der Waals surface area (Å²) in [4.78, 5) is 0. The van der Waals surface area contributed by atoms with Gasteiger partial charge in [0.1, 0.15) is 11.5 Å². The third-order valence-electron chi connectivity index (χ3n) is 2.91. The highest BCUT2D eigenvalue weighted by molar-refractivity contribution is 5.19. The Morgan fingerprint density at radius 2 is 2.44 bits per heavy atom. The van der Waals surface area contributed by atoms with Gasteiger partial charge in [-0.1, -0.05) is 0 Å². The minimum absolute atomic E-state index is 0.442. The van der Waals surface area contributed by atoms with Crippen LogP contribution in [0.25, 0.3) is 0 Å². The smallest absolute Gasteiger partial charge is 0.118 e. The number of hydrogen-bond acceptors (Lipinski definition) is 4. The van der Waals surface area contributed by atoms with Crippen LogP contribution in [0.15, 0.2) is 10.5 Å². The number of furan rings is 1. The summed E-state index contributed by atoms with van der Waals surface area (Å²) in [5.74, 6) is 2.28. The molecule has 1 aromatic rings. The van der Waals surface area contributed by atoms with Crippen molar-refractivity contribution in [3.05, 3.63) is 23.2 Å². The van der Waals surface area contributed by atoms with Crippen LogP contribution < -0.4 is 5.73 Å². The van der Waals surface area contributed by atoms with Crippen LogP contribution in [-0.4, -0.2) is 19.8 Å². The Morgan fingerprint density at radius 3 is 3.06 bits per heavy atom. The maximum Gasteiger partial charge on any atom is 0.118 e. The van der Waals surface area contributed by atoms with E-state index in [4.69, 9.17) is 19.6 Å². The van der Waals surface area contributed by atoms with Gasteiger partial charge in [-0.3, -0.25) is 0 Å². The maximum atomic E-state index is 5.66. The van der Waals surface area contributed by atoms with Crippen molar-refractivity contribution < 1.29 is 13.9 Å². The average molecular weight is 225 g/mol. The lowest BCUT2D eigenvalue weighted by Gasteiger charge is -2.07. The fourth-order valence-electron chi connectivity index (χ4n) is 1.88. The van der Waals surface area contributed by atoms with Crippen LogP contribution in [-0.2, 0) is 22.6 Å². The molecule has 2 heterocycles. The molecule has 1 fully saturated rings. The Labute approximate surface area is 95.7 Å². The van der Waals surface area contributed by atoms with Crippen LogP contribution in [0.1, 0.15) is 23.5 Å². The van der Waals surface area contributed by atoms with Crippen LogP contribution in [0.3, 0.4) is 0 Å². The van der Waals surface area contributed by atoms with Crippen molar-refractivity contribution in [2.45, 2.75) is 26.5 Å². The summed E-state index contributed by atoms with van der Waals surface area (Å²) in [5, 5.41) is 0. The fraction of sp³-hybridized carbons (Fsp3) is 0.667. The molecule has 0 amide bonds. The van der Waals surface area contributed by atoms with Gasteiger partial charge >= 0.3 is 0 Å². The van der Waals surface area contributed by atoms with Crippen LogP contribution >= 0.6 is 0 Å². The van der Waals surface area contributed by atoms with Gasteiger partial charge in [0, 0.05) is 18.1 Å². The molecule has 2 N–H and O–H groups in total. The molecule has 1 aromatic heterocycles. The van der Waals surface area contributed by atoms with Gasteiger partial charge in [-0.2, -0.15) is 0 Å². The van der Waals surface area contributed by atoms with E-state index in [0.29, 0.717) is 19.1 Å². The molecule has 4 heteroatoms. The van der Waals surface area contributed by atoms with E-state index in [1.807, 2.05) is 13.0 Å². The van der Waals surface area contributed by atoms with Gasteiger partial charge in [-0.05, 0) is 19.4 Å². The van der Waals surface area contributed by atoms with Crippen molar-refractivity contribution in [2.75, 3.05) is 19.8 Å². The van der Waals surface area contributed by atoms with E-state index in [0.717, 1.165) is 43.3 Å². The third kappa shape index (κ3) is 2.84. The summed E-state index contributed by atoms with van der Waals surface area (Å²) in [6, 6.07) is 1.97. The molecule has 0 spiro atoms. The molecule has 0 aromatic carbocycles. The maximum absolute atomic E-state index is 5.66. The van der Waals surface area contributed by atoms with E-state index in [1.165, 1.54) is 0 Å². The summed E-state index contributed by atoms with van der Waals surface area (Å²) in [6.07, 6.45) is 1.11. The number of rotatable bonds is 5. The van der Waals surface area contributed by atoms with Crippen molar-refractivity contribution in [2.24, 2.45) is 11.7 Å². The van der Waals surface area contributed by atoms with Crippen LogP contribution in [0.2, 0.25) is 0 Å². The van der Waals surface area contributed by atoms with E-state index >= 15 is 0 Å². The molecule has 2 rings (SSSR count). The van der Waals surface area contributed by atoms with Gasteiger partial charge in [0.15, 0.2) is 0 Å². The van der Waals surface area contributed by atoms with E-state index in [9.17, 15) is 0 Å². The number of hydrogen-bond donors (Lipinski definition) is 1. The molecule has 16 heavy (non-hydrogen) atoms. The zero-order valence-corrected chi connectivity index (χ0v) is 9.70. The van der Waals surface area contributed by atoms with Gasteiger partial charge in [-0.15, -0.1) is 0 Å². The number of ether oxygens (including phenoxy) is 2. The lowest BCUT2D eigenvalue weighted by molar-refractivity contribution is 0.0785. The van der Waals surface area contributed by atoms with Crippen LogP contribution in [0, 0.1) is 12.8 Å². The molecule has 4 nitrogen and oxygen atoms in total. The Balaban J connectivity index is 1.77. The topological polar surface area (TPSA) is 57.6 Å². The number of nitrogens with two attached hydrogens (primary N) is 1. The summed E-state index contributed by atoms with van der Waals surface area (Å²) < 4.78 is 16.4. The van der Waals surface area contributed by atoms with Crippen molar-refractivity contribution in [1.29, 1.82) is 0 Å². The van der Waals surface area contributed by atoms with Crippen molar-refractivity contribution in [3.8, 4) is 0 Å². The second-order valence-electron chi connectivity index (χ2n) is 4.24. The molecule has 0 radical (unpaired) electrons. The molecule has 0 saturated carbocycles. The van der Waals surface area contributed by atoms with Gasteiger partial charge in [-0.25, -0.2) is 0 Å². The summed E-state index contributed by atoms with van der Waals surface area (Å²) >= 11 is 0. The predicted molar refractivity (Wildman–Crippen MR) is 59.9 cm³/mol. The second-order valence-corrected chi connectivity index (χ2v) is 4.24. The van der Waals surface area contributed by atoms with Crippen molar-refractivity contribution in [1.82, 2.24) is 0 Å². The first kappa shape index (κ1) is 11.6. The summed E-state index contributed by atoms with van der Waals surface area (Å²) in [5.41, 5.74) is 6.61. The Kier molecular flexibility index (Phi) is 3.98. The van der Waals surface area contributed by atoms with Gasteiger partial charge < -0.3 is 19.6 Å². The highest BCUT2D eigenvalue weighted by Crippen LogP contribution is 2.17. The Morgan fingerprint density at radius 1 is 1.56 bits per heavy atom. The molecule has 90 valence electrons. The first-order chi connectivity index (χ1) is 7.79. The Bertz CT molecular complexity index is 329. The van der Waals surface area contributed by atoms with Crippen molar-refractivity contribution >= 4 is 0 Å². The zero-order valence-electron chi connectivity index (χ0n) is 9.70. The van der Waals surface area contributed by atoms with Crippen LogP contribution in [0.5, 0.6) is 0 Å². The molecule has 1 saturated heterocycles.